The number of carboxylic acid groups (broad SMARTS) is 1. The molecule has 0 spiro atoms. The van der Waals surface area contributed by atoms with Crippen LogP contribution in [0.2, 0.25) is 0 Å². The highest BCUT2D eigenvalue weighted by Gasteiger charge is 2.32. The molecule has 1 atom stereocenters. The molecule has 1 aromatic heterocycles. The minimum Gasteiger partial charge on any atom is -0.480 e. The predicted octanol–water partition coefficient (Wildman–Crippen LogP) is 2.01. The molecule has 1 saturated heterocycles. The standard InChI is InChI=1S/C16H23N3O3/c1-3-18(4-2)14-9-8-12(11-17-14)15(20)19-10-6-5-7-13(19)16(21)22/h8-9,11,13H,3-7,10H2,1-2H3,(H,21,22)/t13-/m1/s1. The Kier molecular flexibility index (Phi) is 5.35. The number of anilines is 1. The fourth-order valence-electron chi connectivity index (χ4n) is 2.84. The molecule has 0 saturated carbocycles. The smallest absolute Gasteiger partial charge is 0.326 e. The van der Waals surface area contributed by atoms with Gasteiger partial charge in [0.05, 0.1) is 5.56 Å². The van der Waals surface area contributed by atoms with Crippen LogP contribution in [0.5, 0.6) is 0 Å². The quantitative estimate of drug-likeness (QED) is 0.900. The van der Waals surface area contributed by atoms with Crippen LogP contribution in [-0.2, 0) is 4.79 Å². The van der Waals surface area contributed by atoms with E-state index in [2.05, 4.69) is 23.7 Å². The number of hydrogen-bond donors (Lipinski definition) is 1. The van der Waals surface area contributed by atoms with Crippen molar-refractivity contribution >= 4 is 17.7 Å². The molecule has 0 aliphatic carbocycles. The van der Waals surface area contributed by atoms with Crippen molar-refractivity contribution in [2.45, 2.75) is 39.2 Å². The van der Waals surface area contributed by atoms with Gasteiger partial charge in [-0.2, -0.15) is 0 Å². The molecule has 1 aliphatic heterocycles. The number of carbonyl (C=O) groups is 2. The van der Waals surface area contributed by atoms with Crippen molar-refractivity contribution in [3.8, 4) is 0 Å². The zero-order valence-electron chi connectivity index (χ0n) is 13.2. The summed E-state index contributed by atoms with van der Waals surface area (Å²) in [5, 5.41) is 9.27. The van der Waals surface area contributed by atoms with Crippen LogP contribution in [0.4, 0.5) is 5.82 Å². The van der Waals surface area contributed by atoms with Gasteiger partial charge in [-0.1, -0.05) is 0 Å². The highest BCUT2D eigenvalue weighted by atomic mass is 16.4. The summed E-state index contributed by atoms with van der Waals surface area (Å²) in [6, 6.07) is 2.83. The molecule has 1 aromatic rings. The molecule has 0 radical (unpaired) electrons. The second-order valence-electron chi connectivity index (χ2n) is 5.43. The minimum absolute atomic E-state index is 0.245. The molecule has 6 heteroatoms. The number of nitrogens with zero attached hydrogens (tertiary/aromatic N) is 3. The van der Waals surface area contributed by atoms with Crippen molar-refractivity contribution in [2.24, 2.45) is 0 Å². The number of aromatic nitrogens is 1. The van der Waals surface area contributed by atoms with E-state index in [0.29, 0.717) is 18.5 Å². The first-order valence-corrected chi connectivity index (χ1v) is 7.83. The van der Waals surface area contributed by atoms with E-state index in [1.165, 1.54) is 4.90 Å². The Morgan fingerprint density at radius 2 is 2.05 bits per heavy atom. The van der Waals surface area contributed by atoms with Gasteiger partial charge in [-0.25, -0.2) is 9.78 Å². The molecule has 2 heterocycles. The van der Waals surface area contributed by atoms with Crippen LogP contribution in [0.3, 0.4) is 0 Å². The van der Waals surface area contributed by atoms with E-state index in [9.17, 15) is 14.7 Å². The maximum atomic E-state index is 12.5. The highest BCUT2D eigenvalue weighted by Crippen LogP contribution is 2.20. The van der Waals surface area contributed by atoms with Crippen molar-refractivity contribution in [2.75, 3.05) is 24.5 Å². The molecule has 1 N–H and O–H groups in total. The third-order valence-corrected chi connectivity index (χ3v) is 4.13. The van der Waals surface area contributed by atoms with Gasteiger partial charge in [0.1, 0.15) is 11.9 Å². The zero-order chi connectivity index (χ0) is 16.1. The molecular formula is C16H23N3O3. The Bertz CT molecular complexity index is 526. The second-order valence-corrected chi connectivity index (χ2v) is 5.43. The minimum atomic E-state index is -0.930. The topological polar surface area (TPSA) is 73.7 Å². The number of likely N-dealkylation sites (tertiary alicyclic amines) is 1. The van der Waals surface area contributed by atoms with Crippen LogP contribution >= 0.6 is 0 Å². The number of carboxylic acids is 1. The zero-order valence-corrected chi connectivity index (χ0v) is 13.2. The lowest BCUT2D eigenvalue weighted by Gasteiger charge is -2.33. The van der Waals surface area contributed by atoms with Gasteiger partial charge in [0, 0.05) is 25.8 Å². The molecule has 0 bridgehead atoms. The number of piperidine rings is 1. The van der Waals surface area contributed by atoms with Gasteiger partial charge in [0.25, 0.3) is 5.91 Å². The first-order valence-electron chi connectivity index (χ1n) is 7.83. The van der Waals surface area contributed by atoms with E-state index in [-0.39, 0.29) is 5.91 Å². The fraction of sp³-hybridized carbons (Fsp3) is 0.562. The molecule has 2 rings (SSSR count). The number of hydrogen-bond acceptors (Lipinski definition) is 4. The average Bonchev–Trinajstić information content (AvgIpc) is 2.56. The third-order valence-electron chi connectivity index (χ3n) is 4.13. The summed E-state index contributed by atoms with van der Waals surface area (Å²) in [6.45, 7) is 6.30. The normalized spacial score (nSPS) is 18.1. The maximum Gasteiger partial charge on any atom is 0.326 e. The summed E-state index contributed by atoms with van der Waals surface area (Å²) in [5.74, 6) is -0.346. The van der Waals surface area contributed by atoms with Crippen LogP contribution in [0.15, 0.2) is 18.3 Å². The molecule has 22 heavy (non-hydrogen) atoms. The fourth-order valence-corrected chi connectivity index (χ4v) is 2.84. The first kappa shape index (κ1) is 16.3. The average molecular weight is 305 g/mol. The Balaban J connectivity index is 2.16. The van der Waals surface area contributed by atoms with Crippen molar-refractivity contribution in [1.29, 1.82) is 0 Å². The number of pyridine rings is 1. The first-order chi connectivity index (χ1) is 10.6. The van der Waals surface area contributed by atoms with Crippen LogP contribution < -0.4 is 4.90 Å². The molecule has 6 nitrogen and oxygen atoms in total. The van der Waals surface area contributed by atoms with Gasteiger partial charge in [-0.3, -0.25) is 4.79 Å². The SMILES string of the molecule is CCN(CC)c1ccc(C(=O)N2CCCC[C@@H]2C(=O)O)cn1. The van der Waals surface area contributed by atoms with Gasteiger partial charge in [-0.05, 0) is 45.2 Å². The summed E-state index contributed by atoms with van der Waals surface area (Å²) >= 11 is 0. The summed E-state index contributed by atoms with van der Waals surface area (Å²) in [4.78, 5) is 31.7. The van der Waals surface area contributed by atoms with Crippen molar-refractivity contribution in [1.82, 2.24) is 9.88 Å². The van der Waals surface area contributed by atoms with Crippen LogP contribution in [0, 0.1) is 0 Å². The van der Waals surface area contributed by atoms with Crippen LogP contribution in [-0.4, -0.2) is 52.5 Å². The predicted molar refractivity (Wildman–Crippen MR) is 84.1 cm³/mol. The number of rotatable bonds is 5. The lowest BCUT2D eigenvalue weighted by Crippen LogP contribution is -2.48. The number of aliphatic carboxylic acids is 1. The molecule has 0 aromatic carbocycles. The van der Waals surface area contributed by atoms with Crippen LogP contribution in [0.1, 0.15) is 43.5 Å². The molecule has 1 aliphatic rings. The third kappa shape index (κ3) is 3.37. The Morgan fingerprint density at radius 1 is 1.32 bits per heavy atom. The molecule has 0 unspecified atom stereocenters. The van der Waals surface area contributed by atoms with Gasteiger partial charge < -0.3 is 14.9 Å². The number of amides is 1. The van der Waals surface area contributed by atoms with Crippen molar-refractivity contribution in [3.63, 3.8) is 0 Å². The monoisotopic (exact) mass is 305 g/mol. The summed E-state index contributed by atoms with van der Waals surface area (Å²) in [5.41, 5.74) is 0.448. The Hall–Kier alpha value is -2.11. The molecular weight excluding hydrogens is 282 g/mol. The summed E-state index contributed by atoms with van der Waals surface area (Å²) < 4.78 is 0. The van der Waals surface area contributed by atoms with E-state index in [4.69, 9.17) is 0 Å². The van der Waals surface area contributed by atoms with E-state index in [1.807, 2.05) is 6.07 Å². The second kappa shape index (κ2) is 7.24. The van der Waals surface area contributed by atoms with Gasteiger partial charge in [-0.15, -0.1) is 0 Å². The van der Waals surface area contributed by atoms with Crippen molar-refractivity contribution < 1.29 is 14.7 Å². The van der Waals surface area contributed by atoms with Gasteiger partial charge in [0.2, 0.25) is 0 Å². The highest BCUT2D eigenvalue weighted by molar-refractivity contribution is 5.96. The van der Waals surface area contributed by atoms with E-state index < -0.39 is 12.0 Å². The Morgan fingerprint density at radius 3 is 2.59 bits per heavy atom. The summed E-state index contributed by atoms with van der Waals surface area (Å²) in [6.07, 6.45) is 3.76. The van der Waals surface area contributed by atoms with Gasteiger partial charge >= 0.3 is 5.97 Å². The maximum absolute atomic E-state index is 12.5. The molecule has 1 fully saturated rings. The Labute approximate surface area is 130 Å². The van der Waals surface area contributed by atoms with Crippen molar-refractivity contribution in [3.05, 3.63) is 23.9 Å². The van der Waals surface area contributed by atoms with Gasteiger partial charge in [0.15, 0.2) is 0 Å². The van der Waals surface area contributed by atoms with E-state index in [0.717, 1.165) is 31.7 Å². The van der Waals surface area contributed by atoms with E-state index in [1.54, 1.807) is 12.3 Å². The summed E-state index contributed by atoms with van der Waals surface area (Å²) in [7, 11) is 0. The lowest BCUT2D eigenvalue weighted by molar-refractivity contribution is -0.143. The largest absolute Gasteiger partial charge is 0.480 e. The number of carbonyl (C=O) groups excluding carboxylic acids is 1. The molecule has 1 amide bonds. The van der Waals surface area contributed by atoms with Crippen LogP contribution in [0.25, 0.3) is 0 Å². The molecule has 120 valence electrons. The lowest BCUT2D eigenvalue weighted by atomic mass is 10.0. The van der Waals surface area contributed by atoms with E-state index >= 15 is 0 Å².